The van der Waals surface area contributed by atoms with Crippen LogP contribution >= 0.6 is 11.8 Å². The van der Waals surface area contributed by atoms with Gasteiger partial charge in [0.05, 0.1) is 4.91 Å². The highest BCUT2D eigenvalue weighted by Gasteiger charge is 2.15. The number of thioether (sulfide) groups is 1. The zero-order chi connectivity index (χ0) is 15.6. The highest BCUT2D eigenvalue weighted by Crippen LogP contribution is 2.36. The molecule has 112 valence electrons. The minimum absolute atomic E-state index is 0.526. The molecule has 0 atom stereocenters. The minimum Gasteiger partial charge on any atom is -0.436 e. The molecule has 0 fully saturated rings. The average Bonchev–Trinajstić information content (AvgIpc) is 3.17. The molecule has 4 rings (SSSR count). The summed E-state index contributed by atoms with van der Waals surface area (Å²) in [7, 11) is 0. The van der Waals surface area contributed by atoms with Crippen molar-refractivity contribution in [1.29, 1.82) is 0 Å². The molecule has 4 nitrogen and oxygen atoms in total. The van der Waals surface area contributed by atoms with Gasteiger partial charge in [0.2, 0.25) is 5.89 Å². The van der Waals surface area contributed by atoms with Gasteiger partial charge in [-0.3, -0.25) is 0 Å². The van der Waals surface area contributed by atoms with Crippen LogP contribution in [-0.2, 0) is 0 Å². The van der Waals surface area contributed by atoms with Crippen molar-refractivity contribution in [3.8, 4) is 0 Å². The number of hydrogen-bond donors (Lipinski definition) is 0. The lowest BCUT2D eigenvalue weighted by molar-refractivity contribution is 0.490. The summed E-state index contributed by atoms with van der Waals surface area (Å²) in [5, 5.41) is 0.543. The third kappa shape index (κ3) is 2.66. The molecule has 5 heteroatoms. The standard InChI is InChI=1S/C18H12N2O2S/c1-2-7-16(17-19-12-8-3-5-10-14(12)21-17)23-18-20-13-9-4-6-11-15(13)22-18/h2-11H,1H2/b16-7-. The van der Waals surface area contributed by atoms with Crippen molar-refractivity contribution in [3.63, 3.8) is 0 Å². The highest BCUT2D eigenvalue weighted by atomic mass is 32.2. The van der Waals surface area contributed by atoms with Gasteiger partial charge in [-0.2, -0.15) is 0 Å². The van der Waals surface area contributed by atoms with Gasteiger partial charge in [0, 0.05) is 0 Å². The number of rotatable bonds is 4. The Morgan fingerprint density at radius 2 is 1.57 bits per heavy atom. The Kier molecular flexibility index (Phi) is 3.48. The van der Waals surface area contributed by atoms with E-state index in [9.17, 15) is 0 Å². The predicted molar refractivity (Wildman–Crippen MR) is 92.0 cm³/mol. The van der Waals surface area contributed by atoms with Crippen molar-refractivity contribution in [2.75, 3.05) is 0 Å². The van der Waals surface area contributed by atoms with Crippen LogP contribution in [0.25, 0.3) is 27.1 Å². The number of oxazole rings is 2. The summed E-state index contributed by atoms with van der Waals surface area (Å²) in [6, 6.07) is 15.3. The molecule has 0 saturated carbocycles. The van der Waals surface area contributed by atoms with Crippen molar-refractivity contribution in [1.82, 2.24) is 9.97 Å². The number of fused-ring (bicyclic) bond motifs is 2. The van der Waals surface area contributed by atoms with Crippen LogP contribution in [0.5, 0.6) is 0 Å². The van der Waals surface area contributed by atoms with Crippen LogP contribution in [0.4, 0.5) is 0 Å². The Hall–Kier alpha value is -2.79. The molecule has 0 saturated heterocycles. The first kappa shape index (κ1) is 13.8. The Balaban J connectivity index is 1.73. The molecule has 0 unspecified atom stereocenters. The summed E-state index contributed by atoms with van der Waals surface area (Å²) in [6.45, 7) is 3.75. The van der Waals surface area contributed by atoms with Crippen LogP contribution in [0.1, 0.15) is 5.89 Å². The van der Waals surface area contributed by atoms with Crippen molar-refractivity contribution in [3.05, 3.63) is 73.2 Å². The van der Waals surface area contributed by atoms with Gasteiger partial charge in [-0.05, 0) is 42.1 Å². The monoisotopic (exact) mass is 320 g/mol. The van der Waals surface area contributed by atoms with Gasteiger partial charge in [-0.1, -0.05) is 36.9 Å². The number of hydrogen-bond acceptors (Lipinski definition) is 5. The van der Waals surface area contributed by atoms with Crippen LogP contribution < -0.4 is 0 Å². The first-order chi connectivity index (χ1) is 11.3. The SMILES string of the molecule is C=C/C=C(\Sc1nc2ccccc2o1)c1nc2ccccc2o1. The van der Waals surface area contributed by atoms with Crippen molar-refractivity contribution in [2.24, 2.45) is 0 Å². The van der Waals surface area contributed by atoms with E-state index in [4.69, 9.17) is 8.83 Å². The summed E-state index contributed by atoms with van der Waals surface area (Å²) in [5.41, 5.74) is 3.14. The fraction of sp³-hybridized carbons (Fsp3) is 0. The molecular formula is C18H12N2O2S. The van der Waals surface area contributed by atoms with Crippen LogP contribution in [0.2, 0.25) is 0 Å². The molecular weight excluding hydrogens is 308 g/mol. The molecule has 0 bridgehead atoms. The van der Waals surface area contributed by atoms with E-state index in [1.54, 1.807) is 6.08 Å². The number of nitrogens with zero attached hydrogens (tertiary/aromatic N) is 2. The average molecular weight is 320 g/mol. The van der Waals surface area contributed by atoms with E-state index >= 15 is 0 Å². The predicted octanol–water partition coefficient (Wildman–Crippen LogP) is 5.29. The largest absolute Gasteiger partial charge is 0.436 e. The second-order valence-corrected chi connectivity index (χ2v) is 5.80. The maximum atomic E-state index is 5.81. The van der Waals surface area contributed by atoms with E-state index in [0.29, 0.717) is 11.1 Å². The van der Waals surface area contributed by atoms with E-state index < -0.39 is 0 Å². The number of para-hydroxylation sites is 4. The Morgan fingerprint density at radius 3 is 2.22 bits per heavy atom. The maximum absolute atomic E-state index is 5.81. The van der Waals surface area contributed by atoms with E-state index in [1.165, 1.54) is 11.8 Å². The zero-order valence-corrected chi connectivity index (χ0v) is 12.9. The Bertz CT molecular complexity index is 964. The molecule has 2 heterocycles. The smallest absolute Gasteiger partial charge is 0.261 e. The fourth-order valence-electron chi connectivity index (χ4n) is 2.22. The Morgan fingerprint density at radius 1 is 0.913 bits per heavy atom. The topological polar surface area (TPSA) is 52.1 Å². The van der Waals surface area contributed by atoms with Gasteiger partial charge >= 0.3 is 0 Å². The summed E-state index contributed by atoms with van der Waals surface area (Å²) >= 11 is 1.36. The molecule has 0 radical (unpaired) electrons. The quantitative estimate of drug-likeness (QED) is 0.378. The Labute approximate surface area is 136 Å². The fourth-order valence-corrected chi connectivity index (χ4v) is 3.02. The number of allylic oxidation sites excluding steroid dienone is 2. The summed E-state index contributed by atoms with van der Waals surface area (Å²) in [4.78, 5) is 9.77. The third-order valence-electron chi connectivity index (χ3n) is 3.25. The molecule has 0 aliphatic heterocycles. The van der Waals surface area contributed by atoms with E-state index in [2.05, 4.69) is 16.5 Å². The van der Waals surface area contributed by atoms with Crippen LogP contribution in [-0.4, -0.2) is 9.97 Å². The highest BCUT2D eigenvalue weighted by molar-refractivity contribution is 8.08. The van der Waals surface area contributed by atoms with Gasteiger partial charge in [0.1, 0.15) is 11.0 Å². The molecule has 0 aliphatic rings. The lowest BCUT2D eigenvalue weighted by Gasteiger charge is -1.97. The van der Waals surface area contributed by atoms with Gasteiger partial charge in [-0.15, -0.1) is 0 Å². The zero-order valence-electron chi connectivity index (χ0n) is 12.1. The molecule has 2 aromatic heterocycles. The third-order valence-corrected chi connectivity index (χ3v) is 4.13. The maximum Gasteiger partial charge on any atom is 0.261 e. The van der Waals surface area contributed by atoms with Gasteiger partial charge in [-0.25, -0.2) is 9.97 Å². The minimum atomic E-state index is 0.526. The number of benzene rings is 2. The molecule has 0 amide bonds. The van der Waals surface area contributed by atoms with Crippen molar-refractivity contribution >= 4 is 38.9 Å². The molecule has 0 aliphatic carbocycles. The first-order valence-electron chi connectivity index (χ1n) is 7.05. The van der Waals surface area contributed by atoms with Gasteiger partial charge in [0.25, 0.3) is 5.22 Å². The molecule has 4 aromatic rings. The lowest BCUT2D eigenvalue weighted by Crippen LogP contribution is -1.80. The van der Waals surface area contributed by atoms with E-state index in [-0.39, 0.29) is 0 Å². The molecule has 0 spiro atoms. The first-order valence-corrected chi connectivity index (χ1v) is 7.87. The molecule has 2 aromatic carbocycles. The summed E-state index contributed by atoms with van der Waals surface area (Å²) in [5.74, 6) is 0.526. The van der Waals surface area contributed by atoms with Crippen LogP contribution in [0.3, 0.4) is 0 Å². The van der Waals surface area contributed by atoms with Gasteiger partial charge in [0.15, 0.2) is 11.2 Å². The van der Waals surface area contributed by atoms with Crippen LogP contribution in [0, 0.1) is 0 Å². The van der Waals surface area contributed by atoms with E-state index in [0.717, 1.165) is 27.1 Å². The normalized spacial score (nSPS) is 12.1. The molecule has 0 N–H and O–H groups in total. The van der Waals surface area contributed by atoms with Crippen molar-refractivity contribution in [2.45, 2.75) is 5.22 Å². The molecule has 23 heavy (non-hydrogen) atoms. The van der Waals surface area contributed by atoms with Crippen molar-refractivity contribution < 1.29 is 8.83 Å². The van der Waals surface area contributed by atoms with Crippen LogP contribution in [0.15, 0.2) is 81.3 Å². The lowest BCUT2D eigenvalue weighted by atomic mass is 10.3. The summed E-state index contributed by atoms with van der Waals surface area (Å²) in [6.07, 6.45) is 3.53. The van der Waals surface area contributed by atoms with Gasteiger partial charge < -0.3 is 8.83 Å². The van der Waals surface area contributed by atoms with E-state index in [1.807, 2.05) is 54.6 Å². The second-order valence-electron chi connectivity index (χ2n) is 4.80. The second kappa shape index (κ2) is 5.78. The summed E-state index contributed by atoms with van der Waals surface area (Å²) < 4.78 is 11.6. The number of aromatic nitrogens is 2.